The first-order valence-corrected chi connectivity index (χ1v) is 8.46. The number of amides is 1. The second-order valence-electron chi connectivity index (χ2n) is 6.34. The summed E-state index contributed by atoms with van der Waals surface area (Å²) in [6.07, 6.45) is 6.14. The summed E-state index contributed by atoms with van der Waals surface area (Å²) in [5, 5.41) is 3.42. The SMILES string of the molecule is CCN(CC1CCNCC1)C(C)C(=O)N1CCCCC1. The first-order valence-electron chi connectivity index (χ1n) is 8.46. The van der Waals surface area contributed by atoms with Gasteiger partial charge in [0.2, 0.25) is 5.91 Å². The van der Waals surface area contributed by atoms with E-state index in [1.54, 1.807) is 0 Å². The topological polar surface area (TPSA) is 35.6 Å². The lowest BCUT2D eigenvalue weighted by molar-refractivity contribution is -0.137. The minimum absolute atomic E-state index is 0.0491. The van der Waals surface area contributed by atoms with Gasteiger partial charge in [-0.05, 0) is 64.6 Å². The molecule has 2 aliphatic rings. The molecule has 2 saturated heterocycles. The third-order valence-electron chi connectivity index (χ3n) is 4.93. The number of hydrogen-bond acceptors (Lipinski definition) is 3. The van der Waals surface area contributed by atoms with E-state index in [1.807, 2.05) is 0 Å². The van der Waals surface area contributed by atoms with Crippen LogP contribution in [0.3, 0.4) is 0 Å². The fourth-order valence-electron chi connectivity index (χ4n) is 3.49. The first kappa shape index (κ1) is 15.8. The van der Waals surface area contributed by atoms with Crippen LogP contribution in [0.2, 0.25) is 0 Å². The van der Waals surface area contributed by atoms with Crippen LogP contribution in [-0.4, -0.2) is 61.0 Å². The summed E-state index contributed by atoms with van der Waals surface area (Å²) in [5.41, 5.74) is 0. The number of piperidine rings is 2. The van der Waals surface area contributed by atoms with Crippen molar-refractivity contribution in [1.29, 1.82) is 0 Å². The Morgan fingerprint density at radius 3 is 2.50 bits per heavy atom. The van der Waals surface area contributed by atoms with Crippen LogP contribution in [0.25, 0.3) is 0 Å². The molecule has 4 nitrogen and oxygen atoms in total. The molecule has 0 spiro atoms. The van der Waals surface area contributed by atoms with Crippen LogP contribution in [0.5, 0.6) is 0 Å². The molecule has 1 amide bonds. The van der Waals surface area contributed by atoms with Crippen molar-refractivity contribution in [3.63, 3.8) is 0 Å². The van der Waals surface area contributed by atoms with Crippen molar-refractivity contribution in [1.82, 2.24) is 15.1 Å². The predicted molar refractivity (Wildman–Crippen MR) is 82.7 cm³/mol. The molecular weight excluding hydrogens is 250 g/mol. The molecule has 2 fully saturated rings. The molecule has 1 unspecified atom stereocenters. The quantitative estimate of drug-likeness (QED) is 0.833. The van der Waals surface area contributed by atoms with Gasteiger partial charge in [0, 0.05) is 19.6 Å². The summed E-state index contributed by atoms with van der Waals surface area (Å²) in [6.45, 7) is 10.5. The van der Waals surface area contributed by atoms with Gasteiger partial charge in [-0.15, -0.1) is 0 Å². The van der Waals surface area contributed by atoms with E-state index < -0.39 is 0 Å². The van der Waals surface area contributed by atoms with Crippen LogP contribution < -0.4 is 5.32 Å². The third kappa shape index (κ3) is 4.19. The van der Waals surface area contributed by atoms with Crippen molar-refractivity contribution in [2.75, 3.05) is 39.3 Å². The zero-order valence-electron chi connectivity index (χ0n) is 13.2. The number of likely N-dealkylation sites (tertiary alicyclic amines) is 1. The van der Waals surface area contributed by atoms with Gasteiger partial charge in [-0.25, -0.2) is 0 Å². The summed E-state index contributed by atoms with van der Waals surface area (Å²) in [6, 6.07) is 0.0491. The molecule has 0 saturated carbocycles. The lowest BCUT2D eigenvalue weighted by Gasteiger charge is -2.36. The van der Waals surface area contributed by atoms with E-state index in [2.05, 4.69) is 29.0 Å². The number of carbonyl (C=O) groups is 1. The maximum atomic E-state index is 12.6. The molecule has 2 heterocycles. The molecule has 20 heavy (non-hydrogen) atoms. The monoisotopic (exact) mass is 281 g/mol. The van der Waals surface area contributed by atoms with E-state index in [4.69, 9.17) is 0 Å². The Labute approximate surface area is 123 Å². The number of carbonyl (C=O) groups excluding carboxylic acids is 1. The van der Waals surface area contributed by atoms with Gasteiger partial charge < -0.3 is 10.2 Å². The van der Waals surface area contributed by atoms with Crippen molar-refractivity contribution in [3.8, 4) is 0 Å². The minimum atomic E-state index is 0.0491. The van der Waals surface area contributed by atoms with Gasteiger partial charge in [0.15, 0.2) is 0 Å². The highest BCUT2D eigenvalue weighted by atomic mass is 16.2. The smallest absolute Gasteiger partial charge is 0.239 e. The summed E-state index contributed by atoms with van der Waals surface area (Å²) >= 11 is 0. The van der Waals surface area contributed by atoms with Crippen molar-refractivity contribution < 1.29 is 4.79 Å². The Balaban J connectivity index is 1.86. The molecule has 4 heteroatoms. The van der Waals surface area contributed by atoms with Crippen molar-refractivity contribution in [2.45, 2.75) is 52.0 Å². The number of hydrogen-bond donors (Lipinski definition) is 1. The lowest BCUT2D eigenvalue weighted by Crippen LogP contribution is -2.50. The number of nitrogens with zero attached hydrogens (tertiary/aromatic N) is 2. The van der Waals surface area contributed by atoms with E-state index in [0.29, 0.717) is 5.91 Å². The largest absolute Gasteiger partial charge is 0.341 e. The Morgan fingerprint density at radius 2 is 1.90 bits per heavy atom. The van der Waals surface area contributed by atoms with E-state index in [-0.39, 0.29) is 6.04 Å². The van der Waals surface area contributed by atoms with Crippen LogP contribution in [0.1, 0.15) is 46.0 Å². The fourth-order valence-corrected chi connectivity index (χ4v) is 3.49. The molecule has 2 rings (SSSR count). The number of rotatable bonds is 5. The molecule has 0 aliphatic carbocycles. The highest BCUT2D eigenvalue weighted by Gasteiger charge is 2.27. The molecular formula is C16H31N3O. The highest BCUT2D eigenvalue weighted by Crippen LogP contribution is 2.17. The molecule has 0 radical (unpaired) electrons. The van der Waals surface area contributed by atoms with Crippen molar-refractivity contribution in [2.24, 2.45) is 5.92 Å². The maximum absolute atomic E-state index is 12.6. The summed E-state index contributed by atoms with van der Waals surface area (Å²) in [7, 11) is 0. The zero-order chi connectivity index (χ0) is 14.4. The predicted octanol–water partition coefficient (Wildman–Crippen LogP) is 1.71. The van der Waals surface area contributed by atoms with Crippen LogP contribution in [0, 0.1) is 5.92 Å². The fraction of sp³-hybridized carbons (Fsp3) is 0.938. The summed E-state index contributed by atoms with van der Waals surface area (Å²) in [4.78, 5) is 17.1. The van der Waals surface area contributed by atoms with Gasteiger partial charge in [-0.3, -0.25) is 9.69 Å². The van der Waals surface area contributed by atoms with Crippen LogP contribution in [0.4, 0.5) is 0 Å². The molecule has 2 aliphatic heterocycles. The van der Waals surface area contributed by atoms with Crippen LogP contribution in [-0.2, 0) is 4.79 Å². The average Bonchev–Trinajstić information content (AvgIpc) is 2.53. The molecule has 0 aromatic carbocycles. The Kier molecular flexibility index (Phi) is 6.30. The molecule has 0 aromatic heterocycles. The van der Waals surface area contributed by atoms with Gasteiger partial charge in [0.05, 0.1) is 6.04 Å². The van der Waals surface area contributed by atoms with Gasteiger partial charge in [-0.2, -0.15) is 0 Å². The van der Waals surface area contributed by atoms with Crippen molar-refractivity contribution in [3.05, 3.63) is 0 Å². The van der Waals surface area contributed by atoms with Gasteiger partial charge >= 0.3 is 0 Å². The van der Waals surface area contributed by atoms with Crippen LogP contribution in [0.15, 0.2) is 0 Å². The third-order valence-corrected chi connectivity index (χ3v) is 4.93. The molecule has 1 atom stereocenters. The first-order chi connectivity index (χ1) is 9.72. The second-order valence-corrected chi connectivity index (χ2v) is 6.34. The van der Waals surface area contributed by atoms with E-state index in [9.17, 15) is 4.79 Å². The van der Waals surface area contributed by atoms with E-state index in [0.717, 1.165) is 45.2 Å². The maximum Gasteiger partial charge on any atom is 0.239 e. The van der Waals surface area contributed by atoms with E-state index in [1.165, 1.54) is 32.1 Å². The minimum Gasteiger partial charge on any atom is -0.341 e. The van der Waals surface area contributed by atoms with E-state index >= 15 is 0 Å². The normalized spacial score (nSPS) is 23.1. The van der Waals surface area contributed by atoms with Crippen LogP contribution >= 0.6 is 0 Å². The Hall–Kier alpha value is -0.610. The standard InChI is InChI=1S/C16H31N3O/c1-3-18(13-15-7-9-17-10-8-15)14(2)16(20)19-11-5-4-6-12-19/h14-15,17H,3-13H2,1-2H3. The van der Waals surface area contributed by atoms with Gasteiger partial charge in [0.1, 0.15) is 0 Å². The zero-order valence-corrected chi connectivity index (χ0v) is 13.2. The molecule has 0 bridgehead atoms. The highest BCUT2D eigenvalue weighted by molar-refractivity contribution is 5.81. The van der Waals surface area contributed by atoms with Gasteiger partial charge in [0.25, 0.3) is 0 Å². The molecule has 1 N–H and O–H groups in total. The number of likely N-dealkylation sites (N-methyl/N-ethyl adjacent to an activating group) is 1. The lowest BCUT2D eigenvalue weighted by atomic mass is 9.97. The molecule has 0 aromatic rings. The Bertz CT molecular complexity index is 296. The number of nitrogens with one attached hydrogen (secondary N) is 1. The summed E-state index contributed by atoms with van der Waals surface area (Å²) in [5.74, 6) is 1.10. The second kappa shape index (κ2) is 7.99. The Morgan fingerprint density at radius 1 is 1.25 bits per heavy atom. The average molecular weight is 281 g/mol. The van der Waals surface area contributed by atoms with Gasteiger partial charge in [-0.1, -0.05) is 6.92 Å². The van der Waals surface area contributed by atoms with Crippen molar-refractivity contribution >= 4 is 5.91 Å². The molecule has 116 valence electrons. The summed E-state index contributed by atoms with van der Waals surface area (Å²) < 4.78 is 0.